The lowest BCUT2D eigenvalue weighted by atomic mass is 10.0. The number of morpholine rings is 1. The lowest BCUT2D eigenvalue weighted by Crippen LogP contribution is -2.41. The summed E-state index contributed by atoms with van der Waals surface area (Å²) in [4.78, 5) is 9.16. The third-order valence-corrected chi connectivity index (χ3v) is 6.14. The van der Waals surface area contributed by atoms with Crippen LogP contribution in [0.5, 0.6) is 0 Å². The van der Waals surface area contributed by atoms with E-state index in [2.05, 4.69) is 95.0 Å². The highest BCUT2D eigenvalue weighted by molar-refractivity contribution is 5.79. The van der Waals surface area contributed by atoms with E-state index in [0.29, 0.717) is 0 Å². The smallest absolute Gasteiger partial charge is 0.191 e. The van der Waals surface area contributed by atoms with Crippen molar-refractivity contribution in [1.29, 1.82) is 0 Å². The standard InChI is InChI=1S/C26H39N5O/c1-5-21-10-12-22(13-11-21)25(30(3)4)19-29-26(27-2)28-18-23-8-6-7-9-24(23)20-31-14-16-32-17-15-31/h6-13,25H,5,14-20H2,1-4H3,(H2,27,28,29). The third-order valence-electron chi connectivity index (χ3n) is 6.14. The van der Waals surface area contributed by atoms with Gasteiger partial charge in [0.05, 0.1) is 19.3 Å². The predicted octanol–water partition coefficient (Wildman–Crippen LogP) is 3.05. The normalized spacial score (nSPS) is 16.2. The zero-order valence-electron chi connectivity index (χ0n) is 20.1. The Kier molecular flexibility index (Phi) is 9.53. The summed E-state index contributed by atoms with van der Waals surface area (Å²) in [5.74, 6) is 0.822. The molecular formula is C26H39N5O. The molecular weight excluding hydrogens is 398 g/mol. The van der Waals surface area contributed by atoms with Gasteiger partial charge in [-0.25, -0.2) is 0 Å². The quantitative estimate of drug-likeness (QED) is 0.467. The molecule has 0 amide bonds. The number of nitrogens with zero attached hydrogens (tertiary/aromatic N) is 3. The van der Waals surface area contributed by atoms with Crippen LogP contribution < -0.4 is 10.6 Å². The van der Waals surface area contributed by atoms with E-state index in [1.165, 1.54) is 22.3 Å². The molecule has 1 atom stereocenters. The Balaban J connectivity index is 1.57. The zero-order chi connectivity index (χ0) is 22.8. The van der Waals surface area contributed by atoms with Crippen molar-refractivity contribution in [3.05, 3.63) is 70.8 Å². The molecule has 2 aromatic rings. The van der Waals surface area contributed by atoms with Crippen LogP contribution in [-0.4, -0.2) is 69.8 Å². The number of rotatable bonds is 9. The van der Waals surface area contributed by atoms with Gasteiger partial charge in [-0.05, 0) is 42.8 Å². The van der Waals surface area contributed by atoms with Gasteiger partial charge in [-0.3, -0.25) is 9.89 Å². The molecule has 0 aromatic heterocycles. The molecule has 1 aliphatic rings. The molecule has 32 heavy (non-hydrogen) atoms. The molecule has 0 spiro atoms. The van der Waals surface area contributed by atoms with Crippen molar-refractivity contribution >= 4 is 5.96 Å². The van der Waals surface area contributed by atoms with E-state index >= 15 is 0 Å². The van der Waals surface area contributed by atoms with Gasteiger partial charge in [-0.1, -0.05) is 55.5 Å². The van der Waals surface area contributed by atoms with Crippen LogP contribution in [0.1, 0.15) is 35.2 Å². The lowest BCUT2D eigenvalue weighted by molar-refractivity contribution is 0.0341. The van der Waals surface area contributed by atoms with E-state index in [-0.39, 0.29) is 6.04 Å². The summed E-state index contributed by atoms with van der Waals surface area (Å²) in [6.07, 6.45) is 1.06. The largest absolute Gasteiger partial charge is 0.379 e. The van der Waals surface area contributed by atoms with E-state index in [9.17, 15) is 0 Å². The highest BCUT2D eigenvalue weighted by Crippen LogP contribution is 2.18. The number of hydrogen-bond acceptors (Lipinski definition) is 4. The third kappa shape index (κ3) is 7.05. The fourth-order valence-electron chi connectivity index (χ4n) is 4.05. The van der Waals surface area contributed by atoms with E-state index in [1.54, 1.807) is 0 Å². The number of guanidine groups is 1. The van der Waals surface area contributed by atoms with Gasteiger partial charge in [-0.2, -0.15) is 0 Å². The van der Waals surface area contributed by atoms with Crippen LogP contribution in [0, 0.1) is 0 Å². The van der Waals surface area contributed by atoms with Gasteiger partial charge in [0.2, 0.25) is 0 Å². The van der Waals surface area contributed by atoms with Crippen molar-refractivity contribution in [2.45, 2.75) is 32.5 Å². The van der Waals surface area contributed by atoms with Crippen molar-refractivity contribution in [2.75, 3.05) is 54.0 Å². The highest BCUT2D eigenvalue weighted by atomic mass is 16.5. The van der Waals surface area contributed by atoms with Crippen LogP contribution in [0.25, 0.3) is 0 Å². The monoisotopic (exact) mass is 437 g/mol. The van der Waals surface area contributed by atoms with E-state index < -0.39 is 0 Å². The summed E-state index contributed by atoms with van der Waals surface area (Å²) >= 11 is 0. The second-order valence-electron chi connectivity index (χ2n) is 8.54. The summed E-state index contributed by atoms with van der Waals surface area (Å²) < 4.78 is 5.49. The molecule has 1 aliphatic heterocycles. The van der Waals surface area contributed by atoms with Crippen LogP contribution in [0.4, 0.5) is 0 Å². The zero-order valence-corrected chi connectivity index (χ0v) is 20.1. The number of hydrogen-bond donors (Lipinski definition) is 2. The van der Waals surface area contributed by atoms with Gasteiger partial charge in [0.25, 0.3) is 0 Å². The van der Waals surface area contributed by atoms with Crippen molar-refractivity contribution in [3.8, 4) is 0 Å². The topological polar surface area (TPSA) is 52.1 Å². The summed E-state index contributed by atoms with van der Waals surface area (Å²) in [5.41, 5.74) is 5.35. The fraction of sp³-hybridized carbons (Fsp3) is 0.500. The second-order valence-corrected chi connectivity index (χ2v) is 8.54. The number of ether oxygens (including phenoxy) is 1. The van der Waals surface area contributed by atoms with E-state index in [4.69, 9.17) is 4.74 Å². The fourth-order valence-corrected chi connectivity index (χ4v) is 4.05. The number of likely N-dealkylation sites (N-methyl/N-ethyl adjacent to an activating group) is 1. The number of aliphatic imine (C=N–C) groups is 1. The molecule has 2 aromatic carbocycles. The number of nitrogens with one attached hydrogen (secondary N) is 2. The minimum Gasteiger partial charge on any atom is -0.379 e. The summed E-state index contributed by atoms with van der Waals surface area (Å²) in [5, 5.41) is 7.02. The number of benzene rings is 2. The molecule has 1 fully saturated rings. The molecule has 1 unspecified atom stereocenters. The Morgan fingerprint density at radius 1 is 1.03 bits per heavy atom. The summed E-state index contributed by atoms with van der Waals surface area (Å²) in [6, 6.07) is 17.9. The van der Waals surface area contributed by atoms with Crippen molar-refractivity contribution in [3.63, 3.8) is 0 Å². The van der Waals surface area contributed by atoms with Gasteiger partial charge in [0, 0.05) is 39.8 Å². The predicted molar refractivity (Wildman–Crippen MR) is 133 cm³/mol. The molecule has 6 nitrogen and oxygen atoms in total. The minimum absolute atomic E-state index is 0.271. The molecule has 2 N–H and O–H groups in total. The van der Waals surface area contributed by atoms with Crippen LogP contribution in [0.3, 0.4) is 0 Å². The molecule has 0 aliphatic carbocycles. The van der Waals surface area contributed by atoms with Crippen LogP contribution in [0.2, 0.25) is 0 Å². The number of aryl methyl sites for hydroxylation is 1. The van der Waals surface area contributed by atoms with Crippen LogP contribution in [0.15, 0.2) is 53.5 Å². The first-order chi connectivity index (χ1) is 15.6. The maximum Gasteiger partial charge on any atom is 0.191 e. The molecule has 0 saturated carbocycles. The van der Waals surface area contributed by atoms with Crippen LogP contribution in [-0.2, 0) is 24.2 Å². The lowest BCUT2D eigenvalue weighted by Gasteiger charge is -2.28. The van der Waals surface area contributed by atoms with Gasteiger partial charge in [0.15, 0.2) is 5.96 Å². The Labute approximate surface area is 193 Å². The van der Waals surface area contributed by atoms with Gasteiger partial charge in [0.1, 0.15) is 0 Å². The Hall–Kier alpha value is -2.41. The minimum atomic E-state index is 0.271. The summed E-state index contributed by atoms with van der Waals surface area (Å²) in [6.45, 7) is 8.33. The highest BCUT2D eigenvalue weighted by Gasteiger charge is 2.16. The first-order valence-corrected chi connectivity index (χ1v) is 11.7. The van der Waals surface area contributed by atoms with E-state index in [0.717, 1.165) is 58.3 Å². The maximum absolute atomic E-state index is 5.49. The van der Waals surface area contributed by atoms with Crippen molar-refractivity contribution in [2.24, 2.45) is 4.99 Å². The molecule has 0 bridgehead atoms. The van der Waals surface area contributed by atoms with Crippen molar-refractivity contribution < 1.29 is 4.74 Å². The molecule has 1 heterocycles. The molecule has 0 radical (unpaired) electrons. The maximum atomic E-state index is 5.49. The second kappa shape index (κ2) is 12.6. The average Bonchev–Trinajstić information content (AvgIpc) is 2.83. The Morgan fingerprint density at radius 2 is 1.72 bits per heavy atom. The molecule has 174 valence electrons. The average molecular weight is 438 g/mol. The SMILES string of the molecule is CCc1ccc(C(CNC(=NC)NCc2ccccc2CN2CCOCC2)N(C)C)cc1. The van der Waals surface area contributed by atoms with Gasteiger partial charge >= 0.3 is 0 Å². The van der Waals surface area contributed by atoms with Gasteiger partial charge < -0.3 is 20.3 Å². The van der Waals surface area contributed by atoms with Crippen molar-refractivity contribution in [1.82, 2.24) is 20.4 Å². The van der Waals surface area contributed by atoms with Gasteiger partial charge in [-0.15, -0.1) is 0 Å². The Bertz CT molecular complexity index is 844. The Morgan fingerprint density at radius 3 is 2.34 bits per heavy atom. The summed E-state index contributed by atoms with van der Waals surface area (Å²) in [7, 11) is 6.08. The molecule has 3 rings (SSSR count). The molecule has 6 heteroatoms. The first kappa shape index (κ1) is 24.2. The van der Waals surface area contributed by atoms with Crippen LogP contribution >= 0.6 is 0 Å². The van der Waals surface area contributed by atoms with E-state index in [1.807, 2.05) is 7.05 Å². The molecule has 1 saturated heterocycles. The first-order valence-electron chi connectivity index (χ1n) is 11.7.